The number of hydrogen-bond acceptors (Lipinski definition) is 6. The van der Waals surface area contributed by atoms with Crippen molar-refractivity contribution in [1.82, 2.24) is 9.97 Å². The molecule has 0 aromatic carbocycles. The number of fused-ring (bicyclic) bond motifs is 1. The second-order valence-electron chi connectivity index (χ2n) is 3.33. The first-order chi connectivity index (χ1) is 7.80. The lowest BCUT2D eigenvalue weighted by molar-refractivity contribution is 0.849. The van der Waals surface area contributed by atoms with Crippen molar-refractivity contribution in [3.63, 3.8) is 0 Å². The molecule has 3 N–H and O–H groups in total. The van der Waals surface area contributed by atoms with Gasteiger partial charge in [-0.15, -0.1) is 11.3 Å². The van der Waals surface area contributed by atoms with Crippen molar-refractivity contribution in [2.75, 3.05) is 23.4 Å². The molecule has 0 aliphatic rings. The Morgan fingerprint density at radius 2 is 2.12 bits per heavy atom. The van der Waals surface area contributed by atoms with E-state index < -0.39 is 0 Å². The van der Waals surface area contributed by atoms with Gasteiger partial charge in [0, 0.05) is 13.1 Å². The minimum Gasteiger partial charge on any atom is -0.356 e. The van der Waals surface area contributed by atoms with Gasteiger partial charge in [0.15, 0.2) is 0 Å². The summed E-state index contributed by atoms with van der Waals surface area (Å²) in [6.07, 6.45) is 0. The van der Waals surface area contributed by atoms with E-state index in [1.54, 1.807) is 11.3 Å². The summed E-state index contributed by atoms with van der Waals surface area (Å²) in [7, 11) is 0. The van der Waals surface area contributed by atoms with Crippen LogP contribution in [0, 0.1) is 0 Å². The fourth-order valence-electron chi connectivity index (χ4n) is 1.67. The second kappa shape index (κ2) is 4.63. The van der Waals surface area contributed by atoms with Gasteiger partial charge in [-0.05, 0) is 25.3 Å². The SMILES string of the molecule is CCN(CC)c1nc(NN)nc2sccc12. The predicted octanol–water partition coefficient (Wildman–Crippen LogP) is 1.82. The average molecular weight is 237 g/mol. The Morgan fingerprint density at radius 3 is 2.75 bits per heavy atom. The molecule has 16 heavy (non-hydrogen) atoms. The molecule has 0 amide bonds. The molecule has 0 atom stereocenters. The highest BCUT2D eigenvalue weighted by Crippen LogP contribution is 2.28. The molecule has 0 bridgehead atoms. The van der Waals surface area contributed by atoms with E-state index >= 15 is 0 Å². The van der Waals surface area contributed by atoms with Crippen molar-refractivity contribution in [3.05, 3.63) is 11.4 Å². The molecule has 86 valence electrons. The van der Waals surface area contributed by atoms with Crippen molar-refractivity contribution >= 4 is 33.3 Å². The van der Waals surface area contributed by atoms with E-state index in [0.29, 0.717) is 5.95 Å². The maximum absolute atomic E-state index is 5.37. The van der Waals surface area contributed by atoms with Gasteiger partial charge in [0.05, 0.1) is 5.39 Å². The molecule has 2 rings (SSSR count). The van der Waals surface area contributed by atoms with Gasteiger partial charge in [-0.2, -0.15) is 4.98 Å². The number of nitrogens with zero attached hydrogens (tertiary/aromatic N) is 3. The van der Waals surface area contributed by atoms with Crippen LogP contribution in [0.25, 0.3) is 10.2 Å². The summed E-state index contributed by atoms with van der Waals surface area (Å²) in [4.78, 5) is 11.9. The van der Waals surface area contributed by atoms with Crippen LogP contribution in [0.15, 0.2) is 11.4 Å². The molecule has 0 spiro atoms. The normalized spacial score (nSPS) is 10.7. The molecular weight excluding hydrogens is 222 g/mol. The van der Waals surface area contributed by atoms with E-state index in [1.807, 2.05) is 11.4 Å². The van der Waals surface area contributed by atoms with E-state index in [0.717, 1.165) is 29.1 Å². The highest BCUT2D eigenvalue weighted by Gasteiger charge is 2.12. The molecule has 0 radical (unpaired) electrons. The zero-order chi connectivity index (χ0) is 11.5. The van der Waals surface area contributed by atoms with Crippen molar-refractivity contribution in [2.24, 2.45) is 5.84 Å². The first-order valence-electron chi connectivity index (χ1n) is 5.27. The zero-order valence-corrected chi connectivity index (χ0v) is 10.2. The minimum atomic E-state index is 0.469. The summed E-state index contributed by atoms with van der Waals surface area (Å²) in [6, 6.07) is 2.05. The maximum Gasteiger partial charge on any atom is 0.240 e. The number of hydrazine groups is 1. The summed E-state index contributed by atoms with van der Waals surface area (Å²) in [5.74, 6) is 6.79. The van der Waals surface area contributed by atoms with Crippen LogP contribution < -0.4 is 16.2 Å². The van der Waals surface area contributed by atoms with Gasteiger partial charge >= 0.3 is 0 Å². The second-order valence-corrected chi connectivity index (χ2v) is 4.22. The summed E-state index contributed by atoms with van der Waals surface area (Å²) in [6.45, 7) is 6.06. The number of aromatic nitrogens is 2. The van der Waals surface area contributed by atoms with E-state index in [2.05, 4.69) is 34.1 Å². The van der Waals surface area contributed by atoms with Crippen LogP contribution in [0.3, 0.4) is 0 Å². The largest absolute Gasteiger partial charge is 0.356 e. The third-order valence-electron chi connectivity index (χ3n) is 2.50. The summed E-state index contributed by atoms with van der Waals surface area (Å²) in [5.41, 5.74) is 2.51. The summed E-state index contributed by atoms with van der Waals surface area (Å²) < 4.78 is 0. The van der Waals surface area contributed by atoms with Gasteiger partial charge in [0.1, 0.15) is 10.6 Å². The molecule has 0 saturated heterocycles. The Hall–Kier alpha value is -1.40. The Morgan fingerprint density at radius 1 is 1.38 bits per heavy atom. The fourth-order valence-corrected chi connectivity index (χ4v) is 2.43. The first-order valence-corrected chi connectivity index (χ1v) is 6.14. The summed E-state index contributed by atoms with van der Waals surface area (Å²) >= 11 is 1.60. The van der Waals surface area contributed by atoms with Crippen molar-refractivity contribution in [2.45, 2.75) is 13.8 Å². The Balaban J connectivity index is 2.60. The number of hydrogen-bond donors (Lipinski definition) is 2. The van der Waals surface area contributed by atoms with Crippen LogP contribution in [0.5, 0.6) is 0 Å². The Kier molecular flexibility index (Phi) is 3.21. The smallest absolute Gasteiger partial charge is 0.240 e. The highest BCUT2D eigenvalue weighted by atomic mass is 32.1. The first kappa shape index (κ1) is 11.1. The number of anilines is 2. The standard InChI is InChI=1S/C10H15N5S/c1-3-15(4-2)8-7-5-6-16-9(7)13-10(12-8)14-11/h5-6H,3-4,11H2,1-2H3,(H,12,13,14). The maximum atomic E-state index is 5.37. The van der Waals surface area contributed by atoms with Gasteiger partial charge in [-0.1, -0.05) is 0 Å². The number of nitrogens with one attached hydrogen (secondary N) is 1. The lowest BCUT2D eigenvalue weighted by Crippen LogP contribution is -2.24. The van der Waals surface area contributed by atoms with Crippen molar-refractivity contribution < 1.29 is 0 Å². The number of thiophene rings is 1. The molecule has 2 aromatic heterocycles. The average Bonchev–Trinajstić information content (AvgIpc) is 2.78. The van der Waals surface area contributed by atoms with Crippen LogP contribution in [0.4, 0.5) is 11.8 Å². The van der Waals surface area contributed by atoms with Crippen LogP contribution in [-0.2, 0) is 0 Å². The molecule has 2 aromatic rings. The van der Waals surface area contributed by atoms with Crippen LogP contribution in [0.2, 0.25) is 0 Å². The van der Waals surface area contributed by atoms with E-state index in [4.69, 9.17) is 5.84 Å². The number of rotatable bonds is 4. The lowest BCUT2D eigenvalue weighted by Gasteiger charge is -2.20. The van der Waals surface area contributed by atoms with Crippen molar-refractivity contribution in [3.8, 4) is 0 Å². The Labute approximate surface area is 98.3 Å². The molecule has 0 unspecified atom stereocenters. The van der Waals surface area contributed by atoms with Crippen LogP contribution >= 0.6 is 11.3 Å². The quantitative estimate of drug-likeness (QED) is 0.627. The monoisotopic (exact) mass is 237 g/mol. The third-order valence-corrected chi connectivity index (χ3v) is 3.30. The van der Waals surface area contributed by atoms with Crippen molar-refractivity contribution in [1.29, 1.82) is 0 Å². The topological polar surface area (TPSA) is 67.1 Å². The third kappa shape index (κ3) is 1.81. The molecule has 0 aliphatic heterocycles. The number of nitrogens with two attached hydrogens (primary N) is 1. The van der Waals surface area contributed by atoms with Crippen LogP contribution in [-0.4, -0.2) is 23.1 Å². The predicted molar refractivity (Wildman–Crippen MR) is 68.8 cm³/mol. The van der Waals surface area contributed by atoms with Gasteiger partial charge in [-0.25, -0.2) is 10.8 Å². The summed E-state index contributed by atoms with van der Waals surface area (Å²) in [5, 5.41) is 3.11. The molecule has 2 heterocycles. The molecule has 6 heteroatoms. The molecule has 0 saturated carbocycles. The zero-order valence-electron chi connectivity index (χ0n) is 9.40. The van der Waals surface area contributed by atoms with E-state index in [9.17, 15) is 0 Å². The molecule has 0 aliphatic carbocycles. The fraction of sp³-hybridized carbons (Fsp3) is 0.400. The van der Waals surface area contributed by atoms with E-state index in [1.165, 1.54) is 0 Å². The number of nitrogen functional groups attached to an aromatic ring is 1. The van der Waals surface area contributed by atoms with Gasteiger partial charge in [0.2, 0.25) is 5.95 Å². The van der Waals surface area contributed by atoms with Gasteiger partial charge in [0.25, 0.3) is 0 Å². The van der Waals surface area contributed by atoms with Gasteiger partial charge in [-0.3, -0.25) is 5.43 Å². The lowest BCUT2D eigenvalue weighted by atomic mass is 10.3. The van der Waals surface area contributed by atoms with E-state index in [-0.39, 0.29) is 0 Å². The molecule has 5 nitrogen and oxygen atoms in total. The minimum absolute atomic E-state index is 0.469. The molecular formula is C10H15N5S. The molecule has 0 fully saturated rings. The Bertz CT molecular complexity index is 477. The van der Waals surface area contributed by atoms with Crippen LogP contribution in [0.1, 0.15) is 13.8 Å². The highest BCUT2D eigenvalue weighted by molar-refractivity contribution is 7.16. The van der Waals surface area contributed by atoms with Gasteiger partial charge < -0.3 is 4.90 Å².